The number of methoxy groups -OCH3 is 1. The van der Waals surface area contributed by atoms with Crippen LogP contribution >= 0.6 is 11.3 Å². The maximum absolute atomic E-state index is 12.2. The van der Waals surface area contributed by atoms with Gasteiger partial charge in [-0.1, -0.05) is 13.0 Å². The van der Waals surface area contributed by atoms with Crippen molar-refractivity contribution in [1.82, 2.24) is 0 Å². The fourth-order valence-corrected chi connectivity index (χ4v) is 3.25. The summed E-state index contributed by atoms with van der Waals surface area (Å²) in [5.74, 6) is -1.000. The number of carbonyl (C=O) groups excluding carboxylic acids is 1. The number of allylic oxidation sites excluding steroid dienone is 1. The Morgan fingerprint density at radius 1 is 1.41 bits per heavy atom. The first-order valence-corrected chi connectivity index (χ1v) is 7.75. The van der Waals surface area contributed by atoms with E-state index in [2.05, 4.69) is 6.58 Å². The van der Waals surface area contributed by atoms with Gasteiger partial charge in [-0.05, 0) is 35.6 Å². The summed E-state index contributed by atoms with van der Waals surface area (Å²) in [4.78, 5) is 23.6. The molecule has 0 aliphatic carbocycles. The van der Waals surface area contributed by atoms with Crippen LogP contribution in [-0.4, -0.2) is 24.0 Å². The van der Waals surface area contributed by atoms with Crippen molar-refractivity contribution in [3.63, 3.8) is 0 Å². The average molecular weight is 318 g/mol. The van der Waals surface area contributed by atoms with Crippen LogP contribution in [0.2, 0.25) is 0 Å². The topological polar surface area (TPSA) is 63.6 Å². The Morgan fingerprint density at radius 3 is 2.73 bits per heavy atom. The summed E-state index contributed by atoms with van der Waals surface area (Å²) < 4.78 is 6.32. The maximum Gasteiger partial charge on any atom is 0.306 e. The number of ether oxygens (including phenoxy) is 1. The maximum atomic E-state index is 12.2. The first-order valence-electron chi connectivity index (χ1n) is 6.93. The Kier molecular flexibility index (Phi) is 4.98. The molecule has 0 aliphatic rings. The predicted octanol–water partition coefficient (Wildman–Crippen LogP) is 3.93. The average Bonchev–Trinajstić information content (AvgIpc) is 2.89. The van der Waals surface area contributed by atoms with E-state index < -0.39 is 11.9 Å². The van der Waals surface area contributed by atoms with Crippen LogP contribution in [0.1, 0.15) is 28.6 Å². The zero-order chi connectivity index (χ0) is 16.3. The lowest BCUT2D eigenvalue weighted by molar-refractivity contribution is -0.141. The van der Waals surface area contributed by atoms with Gasteiger partial charge in [-0.15, -0.1) is 17.9 Å². The first-order chi connectivity index (χ1) is 10.5. The molecule has 1 atom stereocenters. The largest absolute Gasteiger partial charge is 0.496 e. The number of carboxylic acid groups (broad SMARTS) is 1. The molecular weight excluding hydrogens is 300 g/mol. The minimum atomic E-state index is -0.954. The SMILES string of the molecule is C=CCc1cc2cc(C(=O)C[C@H](C)C(=O)O)sc2cc1OC. The summed E-state index contributed by atoms with van der Waals surface area (Å²) in [5.41, 5.74) is 1.01. The van der Waals surface area contributed by atoms with Crippen molar-refractivity contribution >= 4 is 33.2 Å². The molecule has 0 fully saturated rings. The molecule has 1 heterocycles. The molecule has 0 amide bonds. The van der Waals surface area contributed by atoms with E-state index in [-0.39, 0.29) is 12.2 Å². The van der Waals surface area contributed by atoms with Gasteiger partial charge in [0.05, 0.1) is 17.9 Å². The number of benzene rings is 1. The molecule has 1 N–H and O–H groups in total. The van der Waals surface area contributed by atoms with Crippen molar-refractivity contribution in [1.29, 1.82) is 0 Å². The van der Waals surface area contributed by atoms with Crippen molar-refractivity contribution in [2.24, 2.45) is 5.92 Å². The normalized spacial score (nSPS) is 12.1. The Hall–Kier alpha value is -2.14. The number of ketones is 1. The van der Waals surface area contributed by atoms with Crippen molar-refractivity contribution in [2.45, 2.75) is 19.8 Å². The molecule has 4 nitrogen and oxygen atoms in total. The second-order valence-electron chi connectivity index (χ2n) is 5.17. The monoisotopic (exact) mass is 318 g/mol. The molecule has 0 saturated heterocycles. The third kappa shape index (κ3) is 3.36. The highest BCUT2D eigenvalue weighted by Gasteiger charge is 2.19. The summed E-state index contributed by atoms with van der Waals surface area (Å²) >= 11 is 1.37. The second-order valence-corrected chi connectivity index (χ2v) is 6.26. The number of aliphatic carboxylic acids is 1. The number of fused-ring (bicyclic) bond motifs is 1. The molecule has 116 valence electrons. The quantitative estimate of drug-likeness (QED) is 0.620. The van der Waals surface area contributed by atoms with E-state index in [1.54, 1.807) is 20.1 Å². The van der Waals surface area contributed by atoms with Crippen LogP contribution < -0.4 is 4.74 Å². The predicted molar refractivity (Wildman–Crippen MR) is 88.0 cm³/mol. The molecule has 0 aliphatic heterocycles. The van der Waals surface area contributed by atoms with Crippen LogP contribution in [0.25, 0.3) is 10.1 Å². The summed E-state index contributed by atoms with van der Waals surface area (Å²) in [5, 5.41) is 9.87. The number of thiophene rings is 1. The molecule has 1 aromatic heterocycles. The van der Waals surface area contributed by atoms with E-state index >= 15 is 0 Å². The number of hydrogen-bond donors (Lipinski definition) is 1. The molecular formula is C17H18O4S. The third-order valence-electron chi connectivity index (χ3n) is 3.47. The minimum absolute atomic E-state index is 0.0127. The Labute approximate surface area is 133 Å². The van der Waals surface area contributed by atoms with Crippen LogP contribution in [0.3, 0.4) is 0 Å². The fraction of sp³-hybridized carbons (Fsp3) is 0.294. The zero-order valence-corrected chi connectivity index (χ0v) is 13.4. The van der Waals surface area contributed by atoms with Crippen LogP contribution in [0.15, 0.2) is 30.9 Å². The standard InChI is InChI=1S/C17H18O4S/c1-4-5-11-7-12-8-16(13(18)6-10(2)17(19)20)22-15(12)9-14(11)21-3/h4,7-10H,1,5-6H2,2-3H3,(H,19,20)/t10-/m0/s1. The van der Waals surface area contributed by atoms with Crippen LogP contribution in [0.4, 0.5) is 0 Å². The second kappa shape index (κ2) is 6.75. The van der Waals surface area contributed by atoms with Gasteiger partial charge in [0.1, 0.15) is 5.75 Å². The Bertz CT molecular complexity index is 730. The van der Waals surface area contributed by atoms with E-state index in [0.717, 1.165) is 21.4 Å². The Morgan fingerprint density at radius 2 is 2.14 bits per heavy atom. The van der Waals surface area contributed by atoms with Gasteiger partial charge in [0.2, 0.25) is 0 Å². The summed E-state index contributed by atoms with van der Waals surface area (Å²) in [6.45, 7) is 5.27. The molecule has 2 rings (SSSR count). The lowest BCUT2D eigenvalue weighted by atomic mass is 10.0. The van der Waals surface area contributed by atoms with Crippen LogP contribution in [0, 0.1) is 5.92 Å². The molecule has 22 heavy (non-hydrogen) atoms. The van der Waals surface area contributed by atoms with Gasteiger partial charge in [-0.25, -0.2) is 0 Å². The van der Waals surface area contributed by atoms with Gasteiger partial charge in [-0.3, -0.25) is 9.59 Å². The van der Waals surface area contributed by atoms with Gasteiger partial charge in [0.25, 0.3) is 0 Å². The lowest BCUT2D eigenvalue weighted by Crippen LogP contribution is -2.13. The smallest absolute Gasteiger partial charge is 0.306 e. The fourth-order valence-electron chi connectivity index (χ4n) is 2.22. The summed E-state index contributed by atoms with van der Waals surface area (Å²) in [7, 11) is 1.61. The molecule has 0 spiro atoms. The van der Waals surface area contributed by atoms with Crippen molar-refractivity contribution in [3.8, 4) is 5.75 Å². The van der Waals surface area contributed by atoms with Crippen molar-refractivity contribution in [3.05, 3.63) is 41.3 Å². The van der Waals surface area contributed by atoms with Gasteiger partial charge in [-0.2, -0.15) is 0 Å². The molecule has 0 bridgehead atoms. The number of rotatable bonds is 7. The van der Waals surface area contributed by atoms with Gasteiger partial charge >= 0.3 is 5.97 Å². The van der Waals surface area contributed by atoms with E-state index in [1.807, 2.05) is 18.2 Å². The number of carbonyl (C=O) groups is 2. The molecule has 5 heteroatoms. The van der Waals surface area contributed by atoms with Crippen molar-refractivity contribution in [2.75, 3.05) is 7.11 Å². The summed E-state index contributed by atoms with van der Waals surface area (Å²) in [6, 6.07) is 5.73. The highest BCUT2D eigenvalue weighted by atomic mass is 32.1. The zero-order valence-electron chi connectivity index (χ0n) is 12.6. The molecule has 1 aromatic carbocycles. The summed E-state index contributed by atoms with van der Waals surface area (Å²) in [6.07, 6.45) is 2.50. The van der Waals surface area contributed by atoms with Gasteiger partial charge in [0.15, 0.2) is 5.78 Å². The van der Waals surface area contributed by atoms with Crippen LogP contribution in [-0.2, 0) is 11.2 Å². The van der Waals surface area contributed by atoms with Gasteiger partial charge < -0.3 is 9.84 Å². The van der Waals surface area contributed by atoms with Gasteiger partial charge in [0, 0.05) is 11.1 Å². The molecule has 0 radical (unpaired) electrons. The van der Waals surface area contributed by atoms with E-state index in [1.165, 1.54) is 11.3 Å². The number of Topliss-reactive ketones (excluding diaryl/α,β-unsaturated/α-hetero) is 1. The molecule has 0 saturated carbocycles. The highest BCUT2D eigenvalue weighted by molar-refractivity contribution is 7.20. The Balaban J connectivity index is 2.35. The van der Waals surface area contributed by atoms with E-state index in [0.29, 0.717) is 11.3 Å². The van der Waals surface area contributed by atoms with Crippen LogP contribution in [0.5, 0.6) is 5.75 Å². The van der Waals surface area contributed by atoms with E-state index in [9.17, 15) is 9.59 Å². The van der Waals surface area contributed by atoms with Crippen molar-refractivity contribution < 1.29 is 19.4 Å². The highest BCUT2D eigenvalue weighted by Crippen LogP contribution is 2.33. The third-order valence-corrected chi connectivity index (χ3v) is 4.61. The lowest BCUT2D eigenvalue weighted by Gasteiger charge is -2.06. The molecule has 2 aromatic rings. The van der Waals surface area contributed by atoms with E-state index in [4.69, 9.17) is 9.84 Å². The first kappa shape index (κ1) is 16.2. The minimum Gasteiger partial charge on any atom is -0.496 e. The number of hydrogen-bond acceptors (Lipinski definition) is 4. The molecule has 0 unspecified atom stereocenters. The number of carboxylic acids is 1.